The second-order valence-corrected chi connectivity index (χ2v) is 3.86. The lowest BCUT2D eigenvalue weighted by Gasteiger charge is -2.36. The Morgan fingerprint density at radius 1 is 1.62 bits per heavy atom. The van der Waals surface area contributed by atoms with Crippen molar-refractivity contribution in [1.29, 1.82) is 0 Å². The summed E-state index contributed by atoms with van der Waals surface area (Å²) in [4.78, 5) is 2.45. The lowest BCUT2D eigenvalue weighted by Crippen LogP contribution is -2.52. The number of hydrogen-bond acceptors (Lipinski definition) is 3. The van der Waals surface area contributed by atoms with Crippen LogP contribution in [0.15, 0.2) is 0 Å². The molecule has 0 aromatic rings. The highest BCUT2D eigenvalue weighted by Gasteiger charge is 2.33. The van der Waals surface area contributed by atoms with Crippen LogP contribution in [0.1, 0.15) is 12.8 Å². The molecule has 2 rings (SSSR count). The fourth-order valence-electron chi connectivity index (χ4n) is 2.17. The largest absolute Gasteiger partial charge is 0.373 e. The van der Waals surface area contributed by atoms with Crippen LogP contribution in [0, 0.1) is 12.3 Å². The second-order valence-electron chi connectivity index (χ2n) is 3.86. The Labute approximate surface area is 79.2 Å². The third-order valence-electron chi connectivity index (χ3n) is 3.01. The molecule has 3 atom stereocenters. The van der Waals surface area contributed by atoms with Crippen molar-refractivity contribution in [3.63, 3.8) is 0 Å². The van der Waals surface area contributed by atoms with Crippen molar-refractivity contribution in [2.45, 2.75) is 31.0 Å². The fourth-order valence-corrected chi connectivity index (χ4v) is 2.17. The van der Waals surface area contributed by atoms with Crippen molar-refractivity contribution in [3.05, 3.63) is 0 Å². The topological polar surface area (TPSA) is 38.5 Å². The third-order valence-corrected chi connectivity index (χ3v) is 3.01. The highest BCUT2D eigenvalue weighted by atomic mass is 16.5. The lowest BCUT2D eigenvalue weighted by molar-refractivity contribution is -0.0517. The molecule has 0 bridgehead atoms. The molecule has 13 heavy (non-hydrogen) atoms. The molecule has 2 aliphatic heterocycles. The summed E-state index contributed by atoms with van der Waals surface area (Å²) in [6.07, 6.45) is 7.85. The van der Waals surface area contributed by atoms with E-state index in [-0.39, 0.29) is 12.1 Å². The van der Waals surface area contributed by atoms with E-state index < -0.39 is 0 Å². The molecule has 3 unspecified atom stereocenters. The van der Waals surface area contributed by atoms with Gasteiger partial charge in [0.25, 0.3) is 0 Å². The highest BCUT2D eigenvalue weighted by molar-refractivity contribution is 5.03. The number of terminal acetylenes is 1. The number of rotatable bonds is 1. The zero-order chi connectivity index (χ0) is 9.26. The van der Waals surface area contributed by atoms with E-state index in [2.05, 4.69) is 10.8 Å². The Balaban J connectivity index is 1.94. The number of morpholine rings is 1. The van der Waals surface area contributed by atoms with Gasteiger partial charge in [-0.3, -0.25) is 4.90 Å². The molecule has 2 saturated heterocycles. The molecule has 3 heteroatoms. The number of fused-ring (bicyclic) bond motifs is 1. The average molecular weight is 180 g/mol. The van der Waals surface area contributed by atoms with E-state index in [9.17, 15) is 0 Å². The smallest absolute Gasteiger partial charge is 0.0965 e. The molecule has 2 heterocycles. The van der Waals surface area contributed by atoms with E-state index in [1.165, 1.54) is 19.4 Å². The molecule has 0 aromatic heterocycles. The Bertz CT molecular complexity index is 223. The van der Waals surface area contributed by atoms with Crippen LogP contribution in [-0.2, 0) is 4.74 Å². The predicted octanol–water partition coefficient (Wildman–Crippen LogP) is -0.190. The quantitative estimate of drug-likeness (QED) is 0.568. The van der Waals surface area contributed by atoms with E-state index in [0.29, 0.717) is 6.04 Å². The van der Waals surface area contributed by atoms with Crippen LogP contribution < -0.4 is 5.73 Å². The maximum Gasteiger partial charge on any atom is 0.0965 e. The molecule has 0 saturated carbocycles. The van der Waals surface area contributed by atoms with Crippen molar-refractivity contribution in [3.8, 4) is 12.3 Å². The molecule has 0 aliphatic carbocycles. The normalized spacial score (nSPS) is 36.6. The third kappa shape index (κ3) is 1.71. The molecular weight excluding hydrogens is 164 g/mol. The standard InChI is InChI=1S/C10H16N2O/c1-2-9(11)10-6-12-5-3-4-8(12)7-13-10/h1,8-10H,3-7,11H2. The molecule has 3 nitrogen and oxygen atoms in total. The number of nitrogens with zero attached hydrogens (tertiary/aromatic N) is 1. The SMILES string of the molecule is C#CC(N)C1CN2CCCC2CO1. The van der Waals surface area contributed by atoms with Gasteiger partial charge in [-0.05, 0) is 19.4 Å². The van der Waals surface area contributed by atoms with Crippen molar-refractivity contribution in [1.82, 2.24) is 4.90 Å². The van der Waals surface area contributed by atoms with Gasteiger partial charge in [-0.1, -0.05) is 5.92 Å². The summed E-state index contributed by atoms with van der Waals surface area (Å²) < 4.78 is 5.64. The molecule has 0 radical (unpaired) electrons. The van der Waals surface area contributed by atoms with Crippen LogP contribution in [0.2, 0.25) is 0 Å². The Kier molecular flexibility index (Phi) is 2.54. The van der Waals surface area contributed by atoms with E-state index in [1.54, 1.807) is 0 Å². The van der Waals surface area contributed by atoms with Crippen LogP contribution in [0.5, 0.6) is 0 Å². The molecular formula is C10H16N2O. The summed E-state index contributed by atoms with van der Waals surface area (Å²) in [5.74, 6) is 2.54. The minimum absolute atomic E-state index is 0.0411. The first-order valence-corrected chi connectivity index (χ1v) is 4.88. The minimum Gasteiger partial charge on any atom is -0.373 e. The van der Waals surface area contributed by atoms with Gasteiger partial charge in [0.1, 0.15) is 0 Å². The zero-order valence-electron chi connectivity index (χ0n) is 7.78. The van der Waals surface area contributed by atoms with Crippen molar-refractivity contribution >= 4 is 0 Å². The van der Waals surface area contributed by atoms with E-state index in [4.69, 9.17) is 16.9 Å². The van der Waals surface area contributed by atoms with Crippen LogP contribution in [0.25, 0.3) is 0 Å². The van der Waals surface area contributed by atoms with Crippen LogP contribution >= 0.6 is 0 Å². The van der Waals surface area contributed by atoms with E-state index in [1.807, 2.05) is 0 Å². The molecule has 2 aliphatic rings. The molecule has 2 fully saturated rings. The molecule has 2 N–H and O–H groups in total. The Morgan fingerprint density at radius 2 is 2.46 bits per heavy atom. The van der Waals surface area contributed by atoms with Gasteiger partial charge in [0.15, 0.2) is 0 Å². The van der Waals surface area contributed by atoms with E-state index >= 15 is 0 Å². The van der Waals surface area contributed by atoms with Crippen LogP contribution in [0.4, 0.5) is 0 Å². The summed E-state index contributed by atoms with van der Waals surface area (Å²) in [5, 5.41) is 0. The van der Waals surface area contributed by atoms with Gasteiger partial charge >= 0.3 is 0 Å². The first-order valence-electron chi connectivity index (χ1n) is 4.88. The predicted molar refractivity (Wildman–Crippen MR) is 51.1 cm³/mol. The molecule has 0 aromatic carbocycles. The van der Waals surface area contributed by atoms with Crippen LogP contribution in [-0.4, -0.2) is 42.8 Å². The Hall–Kier alpha value is -0.560. The highest BCUT2D eigenvalue weighted by Crippen LogP contribution is 2.23. The first-order chi connectivity index (χ1) is 6.31. The average Bonchev–Trinajstić information content (AvgIpc) is 2.63. The number of ether oxygens (including phenoxy) is 1. The minimum atomic E-state index is -0.249. The number of nitrogens with two attached hydrogens (primary N) is 1. The van der Waals surface area contributed by atoms with Gasteiger partial charge in [0.05, 0.1) is 18.8 Å². The summed E-state index contributed by atoms with van der Waals surface area (Å²) in [6.45, 7) is 2.90. The fraction of sp³-hybridized carbons (Fsp3) is 0.800. The molecule has 72 valence electrons. The summed E-state index contributed by atoms with van der Waals surface area (Å²) in [5.41, 5.74) is 5.74. The van der Waals surface area contributed by atoms with Crippen molar-refractivity contribution in [2.75, 3.05) is 19.7 Å². The second kappa shape index (κ2) is 3.67. The summed E-state index contributed by atoms with van der Waals surface area (Å²) in [6, 6.07) is 0.378. The first kappa shape index (κ1) is 9.01. The Morgan fingerprint density at radius 3 is 3.23 bits per heavy atom. The van der Waals surface area contributed by atoms with Gasteiger partial charge in [0, 0.05) is 12.6 Å². The maximum absolute atomic E-state index is 5.74. The summed E-state index contributed by atoms with van der Waals surface area (Å²) in [7, 11) is 0. The van der Waals surface area contributed by atoms with Gasteiger partial charge in [-0.15, -0.1) is 6.42 Å². The maximum atomic E-state index is 5.74. The lowest BCUT2D eigenvalue weighted by atomic mass is 10.1. The summed E-state index contributed by atoms with van der Waals surface area (Å²) >= 11 is 0. The van der Waals surface area contributed by atoms with Crippen molar-refractivity contribution < 1.29 is 4.74 Å². The van der Waals surface area contributed by atoms with Crippen molar-refractivity contribution in [2.24, 2.45) is 5.73 Å². The number of hydrogen-bond donors (Lipinski definition) is 1. The monoisotopic (exact) mass is 180 g/mol. The molecule has 0 amide bonds. The van der Waals surface area contributed by atoms with E-state index in [0.717, 1.165) is 13.2 Å². The van der Waals surface area contributed by atoms with Crippen LogP contribution in [0.3, 0.4) is 0 Å². The van der Waals surface area contributed by atoms with Gasteiger partial charge in [0.2, 0.25) is 0 Å². The molecule has 0 spiro atoms. The van der Waals surface area contributed by atoms with Gasteiger partial charge < -0.3 is 10.5 Å². The van der Waals surface area contributed by atoms with Gasteiger partial charge in [-0.2, -0.15) is 0 Å². The zero-order valence-corrected chi connectivity index (χ0v) is 7.78. The van der Waals surface area contributed by atoms with Gasteiger partial charge in [-0.25, -0.2) is 0 Å².